The lowest BCUT2D eigenvalue weighted by atomic mass is 9.95. The minimum absolute atomic E-state index is 0.0888. The van der Waals surface area contributed by atoms with Crippen LogP contribution in [0.4, 0.5) is 0 Å². The van der Waals surface area contributed by atoms with Gasteiger partial charge < -0.3 is 24.8 Å². The summed E-state index contributed by atoms with van der Waals surface area (Å²) < 4.78 is 11.3. The van der Waals surface area contributed by atoms with Gasteiger partial charge >= 0.3 is 0 Å². The van der Waals surface area contributed by atoms with Gasteiger partial charge in [-0.1, -0.05) is 49.7 Å². The van der Waals surface area contributed by atoms with Crippen molar-refractivity contribution in [2.24, 2.45) is 5.92 Å². The van der Waals surface area contributed by atoms with Crippen LogP contribution in [0.5, 0.6) is 11.5 Å². The maximum absolute atomic E-state index is 10.9. The Morgan fingerprint density at radius 2 is 1.83 bits per heavy atom. The summed E-state index contributed by atoms with van der Waals surface area (Å²) in [5, 5.41) is 14.4. The molecule has 0 aromatic heterocycles. The number of rotatable bonds is 13. The molecule has 0 fully saturated rings. The van der Waals surface area contributed by atoms with Gasteiger partial charge in [-0.3, -0.25) is 0 Å². The van der Waals surface area contributed by atoms with E-state index in [9.17, 15) is 5.11 Å². The predicted molar refractivity (Wildman–Crippen MR) is 119 cm³/mol. The van der Waals surface area contributed by atoms with Crippen molar-refractivity contribution in [3.63, 3.8) is 0 Å². The first-order chi connectivity index (χ1) is 14.0. The van der Waals surface area contributed by atoms with Crippen molar-refractivity contribution in [1.82, 2.24) is 10.2 Å². The molecule has 2 aromatic rings. The fourth-order valence-electron chi connectivity index (χ4n) is 3.34. The van der Waals surface area contributed by atoms with Gasteiger partial charge in [-0.05, 0) is 43.8 Å². The third kappa shape index (κ3) is 7.69. The molecule has 0 saturated heterocycles. The van der Waals surface area contributed by atoms with Crippen molar-refractivity contribution in [3.05, 3.63) is 59.7 Å². The molecule has 5 heteroatoms. The summed E-state index contributed by atoms with van der Waals surface area (Å²) in [4.78, 5) is 2.12. The lowest BCUT2D eigenvalue weighted by molar-refractivity contribution is 0.0894. The molecular weight excluding hydrogens is 364 g/mol. The van der Waals surface area contributed by atoms with E-state index in [1.165, 1.54) is 0 Å². The van der Waals surface area contributed by atoms with Gasteiger partial charge in [0.2, 0.25) is 0 Å². The number of nitrogens with zero attached hydrogens (tertiary/aromatic N) is 1. The highest BCUT2D eigenvalue weighted by molar-refractivity contribution is 5.43. The molecule has 0 amide bonds. The quantitative estimate of drug-likeness (QED) is 0.500. The molecule has 2 aromatic carbocycles. The maximum atomic E-state index is 10.9. The number of benzene rings is 2. The van der Waals surface area contributed by atoms with E-state index in [1.54, 1.807) is 7.11 Å². The summed E-state index contributed by atoms with van der Waals surface area (Å²) in [7, 11) is 5.74. The van der Waals surface area contributed by atoms with Gasteiger partial charge in [0.15, 0.2) is 11.5 Å². The van der Waals surface area contributed by atoms with Crippen molar-refractivity contribution in [1.29, 1.82) is 0 Å². The summed E-state index contributed by atoms with van der Waals surface area (Å²) in [6.07, 6.45) is 1.62. The molecule has 2 rings (SSSR count). The average molecular weight is 401 g/mol. The largest absolute Gasteiger partial charge is 0.493 e. The third-order valence-electron chi connectivity index (χ3n) is 4.91. The van der Waals surface area contributed by atoms with Gasteiger partial charge in [-0.2, -0.15) is 0 Å². The normalized spacial score (nSPS) is 13.3. The average Bonchev–Trinajstić information content (AvgIpc) is 2.73. The van der Waals surface area contributed by atoms with Gasteiger partial charge in [0, 0.05) is 25.6 Å². The Labute approximate surface area is 175 Å². The highest BCUT2D eigenvalue weighted by Gasteiger charge is 2.21. The molecule has 0 heterocycles. The van der Waals surface area contributed by atoms with Crippen LogP contribution in [0.25, 0.3) is 0 Å². The van der Waals surface area contributed by atoms with E-state index in [0.717, 1.165) is 42.0 Å². The fourth-order valence-corrected chi connectivity index (χ4v) is 3.34. The minimum atomic E-state index is -0.505. The molecule has 29 heavy (non-hydrogen) atoms. The lowest BCUT2D eigenvalue weighted by Gasteiger charge is -2.26. The second-order valence-electron chi connectivity index (χ2n) is 7.70. The van der Waals surface area contributed by atoms with Crippen LogP contribution in [0, 0.1) is 5.92 Å². The van der Waals surface area contributed by atoms with Crippen LogP contribution in [0.1, 0.15) is 37.0 Å². The first kappa shape index (κ1) is 23.2. The molecule has 160 valence electrons. The van der Waals surface area contributed by atoms with Crippen molar-refractivity contribution < 1.29 is 14.6 Å². The highest BCUT2D eigenvalue weighted by Crippen LogP contribution is 2.28. The predicted octanol–water partition coefficient (Wildman–Crippen LogP) is 3.88. The molecule has 0 spiro atoms. The number of nitrogens with one attached hydrogen (secondary N) is 1. The zero-order valence-corrected chi connectivity index (χ0v) is 18.2. The van der Waals surface area contributed by atoms with E-state index >= 15 is 0 Å². The zero-order valence-electron chi connectivity index (χ0n) is 18.2. The summed E-state index contributed by atoms with van der Waals surface area (Å²) in [5.41, 5.74) is 2.09. The number of methoxy groups -OCH3 is 1. The van der Waals surface area contributed by atoms with Crippen molar-refractivity contribution in [2.75, 3.05) is 40.9 Å². The van der Waals surface area contributed by atoms with Crippen LogP contribution >= 0.6 is 0 Å². The molecule has 0 radical (unpaired) electrons. The SMILES string of the molecule is CCCCOc1cc(CNC[C@H](CN(C)C)[C@H](O)c2ccccc2)ccc1OC. The van der Waals surface area contributed by atoms with E-state index in [0.29, 0.717) is 19.7 Å². The summed E-state index contributed by atoms with van der Waals surface area (Å²) >= 11 is 0. The van der Waals surface area contributed by atoms with Crippen LogP contribution in [0.3, 0.4) is 0 Å². The van der Waals surface area contributed by atoms with Crippen LogP contribution in [0.15, 0.2) is 48.5 Å². The Morgan fingerprint density at radius 3 is 2.48 bits per heavy atom. The molecule has 0 unspecified atom stereocenters. The van der Waals surface area contributed by atoms with Gasteiger partial charge in [0.25, 0.3) is 0 Å². The van der Waals surface area contributed by atoms with Gasteiger partial charge in [0.1, 0.15) is 0 Å². The highest BCUT2D eigenvalue weighted by atomic mass is 16.5. The van der Waals surface area contributed by atoms with Gasteiger partial charge in [-0.25, -0.2) is 0 Å². The molecular formula is C24H36N2O3. The molecule has 0 bridgehead atoms. The monoisotopic (exact) mass is 400 g/mol. The number of aliphatic hydroxyl groups excluding tert-OH is 1. The first-order valence-corrected chi connectivity index (χ1v) is 10.4. The lowest BCUT2D eigenvalue weighted by Crippen LogP contribution is -2.34. The maximum Gasteiger partial charge on any atom is 0.161 e. The number of ether oxygens (including phenoxy) is 2. The number of aliphatic hydroxyl groups is 1. The van der Waals surface area contributed by atoms with E-state index in [4.69, 9.17) is 9.47 Å². The Kier molecular flexibility index (Phi) is 9.98. The first-order valence-electron chi connectivity index (χ1n) is 10.4. The topological polar surface area (TPSA) is 54.0 Å². The van der Waals surface area contributed by atoms with Gasteiger partial charge in [-0.15, -0.1) is 0 Å². The fraction of sp³-hybridized carbons (Fsp3) is 0.500. The molecule has 0 aliphatic carbocycles. The van der Waals surface area contributed by atoms with Crippen LogP contribution < -0.4 is 14.8 Å². The Bertz CT molecular complexity index is 707. The van der Waals surface area contributed by atoms with Crippen LogP contribution in [0.2, 0.25) is 0 Å². The van der Waals surface area contributed by atoms with E-state index < -0.39 is 6.10 Å². The molecule has 2 N–H and O–H groups in total. The smallest absolute Gasteiger partial charge is 0.161 e. The standard InChI is InChI=1S/C24H36N2O3/c1-5-6-14-29-23-15-19(12-13-22(23)28-4)16-25-17-21(18-26(2)3)24(27)20-10-8-7-9-11-20/h7-13,15,21,24-25,27H,5-6,14,16-18H2,1-4H3/t21-,24-/m1/s1. The minimum Gasteiger partial charge on any atom is -0.493 e. The molecule has 2 atom stereocenters. The zero-order chi connectivity index (χ0) is 21.1. The summed E-state index contributed by atoms with van der Waals surface area (Å²) in [6, 6.07) is 15.9. The van der Waals surface area contributed by atoms with Crippen molar-refractivity contribution in [2.45, 2.75) is 32.4 Å². The van der Waals surface area contributed by atoms with Crippen LogP contribution in [-0.2, 0) is 6.54 Å². The summed E-state index contributed by atoms with van der Waals surface area (Å²) in [5.74, 6) is 1.63. The molecule has 0 saturated carbocycles. The van der Waals surface area contributed by atoms with Crippen molar-refractivity contribution >= 4 is 0 Å². The number of hydrogen-bond donors (Lipinski definition) is 2. The van der Waals surface area contributed by atoms with E-state index in [1.807, 2.05) is 62.6 Å². The van der Waals surface area contributed by atoms with Gasteiger partial charge in [0.05, 0.1) is 19.8 Å². The number of hydrogen-bond acceptors (Lipinski definition) is 5. The second kappa shape index (κ2) is 12.5. The molecule has 0 aliphatic rings. The molecule has 0 aliphatic heterocycles. The Balaban J connectivity index is 1.98. The van der Waals surface area contributed by atoms with E-state index in [2.05, 4.69) is 17.1 Å². The molecule has 5 nitrogen and oxygen atoms in total. The second-order valence-corrected chi connectivity index (χ2v) is 7.70. The van der Waals surface area contributed by atoms with Crippen molar-refractivity contribution in [3.8, 4) is 11.5 Å². The summed E-state index contributed by atoms with van der Waals surface area (Å²) in [6.45, 7) is 5.07. The number of unbranched alkanes of at least 4 members (excludes halogenated alkanes) is 1. The van der Waals surface area contributed by atoms with E-state index in [-0.39, 0.29) is 5.92 Å². The Morgan fingerprint density at radius 1 is 1.07 bits per heavy atom. The van der Waals surface area contributed by atoms with Crippen LogP contribution in [-0.4, -0.2) is 50.9 Å². The third-order valence-corrected chi connectivity index (χ3v) is 4.91. The Hall–Kier alpha value is -2.08.